The number of aromatic amines is 2. The van der Waals surface area contributed by atoms with Crippen molar-refractivity contribution in [3.63, 3.8) is 0 Å². The fourth-order valence-electron chi connectivity index (χ4n) is 2.42. The van der Waals surface area contributed by atoms with Gasteiger partial charge in [-0.05, 0) is 48.0 Å². The van der Waals surface area contributed by atoms with Crippen LogP contribution in [0.3, 0.4) is 0 Å². The van der Waals surface area contributed by atoms with Gasteiger partial charge in [-0.15, -0.1) is 0 Å². The van der Waals surface area contributed by atoms with Crippen molar-refractivity contribution in [3.05, 3.63) is 72.6 Å². The highest BCUT2D eigenvalue weighted by atomic mass is 14.7. The normalized spacial score (nSPS) is 10.5. The molecular formula is C18H19N3. The van der Waals surface area contributed by atoms with Crippen LogP contribution < -0.4 is 5.73 Å². The number of benzene rings is 2. The maximum atomic E-state index is 5.46. The van der Waals surface area contributed by atoms with E-state index in [1.54, 1.807) is 0 Å². The number of H-pyrrole nitrogens is 2. The lowest BCUT2D eigenvalue weighted by molar-refractivity contribution is 0.940. The Kier molecular flexibility index (Phi) is 4.03. The molecule has 2 heterocycles. The highest BCUT2D eigenvalue weighted by Crippen LogP contribution is 2.14. The minimum Gasteiger partial charge on any atom is -0.361 e. The van der Waals surface area contributed by atoms with Gasteiger partial charge in [-0.2, -0.15) is 0 Å². The number of fused-ring (bicyclic) bond motifs is 2. The van der Waals surface area contributed by atoms with Gasteiger partial charge in [-0.3, -0.25) is 0 Å². The maximum absolute atomic E-state index is 5.46. The summed E-state index contributed by atoms with van der Waals surface area (Å²) in [7, 11) is 0. The van der Waals surface area contributed by atoms with E-state index < -0.39 is 0 Å². The van der Waals surface area contributed by atoms with Crippen LogP contribution >= 0.6 is 0 Å². The average Bonchev–Trinajstić information content (AvgIpc) is 3.14. The van der Waals surface area contributed by atoms with Crippen molar-refractivity contribution in [2.24, 2.45) is 5.73 Å². The Balaban J connectivity index is 0.000000131. The SMILES string of the molecule is NCCc1cc2ccccc2[nH]1.c1ccc2[nH]ccc2c1. The van der Waals surface area contributed by atoms with Gasteiger partial charge < -0.3 is 15.7 Å². The molecule has 3 heteroatoms. The van der Waals surface area contributed by atoms with Gasteiger partial charge in [0.15, 0.2) is 0 Å². The largest absolute Gasteiger partial charge is 0.361 e. The summed E-state index contributed by atoms with van der Waals surface area (Å²) in [6.45, 7) is 0.701. The summed E-state index contributed by atoms with van der Waals surface area (Å²) < 4.78 is 0. The minimum atomic E-state index is 0.701. The van der Waals surface area contributed by atoms with Crippen LogP contribution in [0.2, 0.25) is 0 Å². The molecule has 0 amide bonds. The predicted molar refractivity (Wildman–Crippen MR) is 89.4 cm³/mol. The Labute approximate surface area is 123 Å². The second kappa shape index (κ2) is 6.29. The molecular weight excluding hydrogens is 258 g/mol. The molecule has 0 unspecified atom stereocenters. The van der Waals surface area contributed by atoms with Gasteiger partial charge in [0.1, 0.15) is 0 Å². The van der Waals surface area contributed by atoms with E-state index in [4.69, 9.17) is 5.73 Å². The molecule has 0 spiro atoms. The molecule has 0 aliphatic carbocycles. The van der Waals surface area contributed by atoms with Crippen LogP contribution in [0.4, 0.5) is 0 Å². The van der Waals surface area contributed by atoms with Gasteiger partial charge in [0, 0.05) is 22.9 Å². The van der Waals surface area contributed by atoms with E-state index in [9.17, 15) is 0 Å². The number of rotatable bonds is 2. The third-order valence-corrected chi connectivity index (χ3v) is 3.46. The summed E-state index contributed by atoms with van der Waals surface area (Å²) in [5, 5.41) is 2.54. The van der Waals surface area contributed by atoms with Crippen molar-refractivity contribution in [1.29, 1.82) is 0 Å². The minimum absolute atomic E-state index is 0.701. The number of nitrogens with one attached hydrogen (secondary N) is 2. The lowest BCUT2D eigenvalue weighted by Crippen LogP contribution is -2.02. The van der Waals surface area contributed by atoms with Crippen LogP contribution in [0.25, 0.3) is 21.8 Å². The molecule has 4 N–H and O–H groups in total. The van der Waals surface area contributed by atoms with Crippen molar-refractivity contribution in [2.45, 2.75) is 6.42 Å². The maximum Gasteiger partial charge on any atom is 0.0456 e. The van der Waals surface area contributed by atoms with Gasteiger partial charge in [0.2, 0.25) is 0 Å². The van der Waals surface area contributed by atoms with Crippen LogP contribution in [0.15, 0.2) is 66.9 Å². The summed E-state index contributed by atoms with van der Waals surface area (Å²) >= 11 is 0. The molecule has 3 nitrogen and oxygen atoms in total. The Morgan fingerprint density at radius 1 is 0.810 bits per heavy atom. The molecule has 0 saturated carbocycles. The molecule has 2 aromatic carbocycles. The fourth-order valence-corrected chi connectivity index (χ4v) is 2.42. The number of hydrogen-bond donors (Lipinski definition) is 3. The Bertz CT molecular complexity index is 763. The highest BCUT2D eigenvalue weighted by Gasteiger charge is 1.97. The summed E-state index contributed by atoms with van der Waals surface area (Å²) in [5.74, 6) is 0. The Morgan fingerprint density at radius 3 is 2.24 bits per heavy atom. The molecule has 0 aliphatic rings. The average molecular weight is 277 g/mol. The second-order valence-corrected chi connectivity index (χ2v) is 4.99. The smallest absolute Gasteiger partial charge is 0.0456 e. The number of hydrogen-bond acceptors (Lipinski definition) is 1. The monoisotopic (exact) mass is 277 g/mol. The third-order valence-electron chi connectivity index (χ3n) is 3.46. The van der Waals surface area contributed by atoms with Crippen molar-refractivity contribution < 1.29 is 0 Å². The predicted octanol–water partition coefficient (Wildman–Crippen LogP) is 3.84. The van der Waals surface area contributed by atoms with E-state index in [0.29, 0.717) is 6.54 Å². The Hall–Kier alpha value is -2.52. The van der Waals surface area contributed by atoms with E-state index in [1.807, 2.05) is 30.5 Å². The summed E-state index contributed by atoms with van der Waals surface area (Å²) in [6.07, 6.45) is 2.87. The summed E-state index contributed by atoms with van der Waals surface area (Å²) in [4.78, 5) is 6.44. The number of para-hydroxylation sites is 2. The van der Waals surface area contributed by atoms with Crippen LogP contribution in [0.1, 0.15) is 5.69 Å². The van der Waals surface area contributed by atoms with E-state index in [-0.39, 0.29) is 0 Å². The standard InChI is InChI=1S/C10H12N2.C8H7N/c11-6-5-9-7-8-3-1-2-4-10(8)12-9;1-2-4-8-7(3-1)5-6-9-8/h1-4,7,12H,5-6,11H2;1-6,9H. The molecule has 0 aliphatic heterocycles. The highest BCUT2D eigenvalue weighted by molar-refractivity contribution is 5.80. The molecule has 0 atom stereocenters. The zero-order valence-corrected chi connectivity index (χ0v) is 11.8. The van der Waals surface area contributed by atoms with E-state index in [2.05, 4.69) is 46.4 Å². The van der Waals surface area contributed by atoms with Crippen LogP contribution in [-0.4, -0.2) is 16.5 Å². The second-order valence-electron chi connectivity index (χ2n) is 4.99. The molecule has 0 radical (unpaired) electrons. The molecule has 0 fully saturated rings. The first-order valence-corrected chi connectivity index (χ1v) is 7.15. The van der Waals surface area contributed by atoms with Crippen LogP contribution in [0, 0.1) is 0 Å². The van der Waals surface area contributed by atoms with Crippen LogP contribution in [0.5, 0.6) is 0 Å². The van der Waals surface area contributed by atoms with Gasteiger partial charge >= 0.3 is 0 Å². The topological polar surface area (TPSA) is 57.6 Å². The van der Waals surface area contributed by atoms with E-state index in [1.165, 1.54) is 27.5 Å². The van der Waals surface area contributed by atoms with E-state index in [0.717, 1.165) is 6.42 Å². The first kappa shape index (κ1) is 13.5. The molecule has 0 bridgehead atoms. The fraction of sp³-hybridized carbons (Fsp3) is 0.111. The summed E-state index contributed by atoms with van der Waals surface area (Å²) in [6, 6.07) is 20.7. The first-order valence-electron chi connectivity index (χ1n) is 7.15. The molecule has 2 aromatic heterocycles. The zero-order chi connectivity index (χ0) is 14.5. The van der Waals surface area contributed by atoms with Gasteiger partial charge in [0.05, 0.1) is 0 Å². The number of nitrogens with two attached hydrogens (primary N) is 1. The molecule has 0 saturated heterocycles. The molecule has 21 heavy (non-hydrogen) atoms. The van der Waals surface area contributed by atoms with E-state index >= 15 is 0 Å². The van der Waals surface area contributed by atoms with Crippen molar-refractivity contribution in [2.75, 3.05) is 6.54 Å². The lowest BCUT2D eigenvalue weighted by Gasteiger charge is -1.89. The van der Waals surface area contributed by atoms with Crippen LogP contribution in [-0.2, 0) is 6.42 Å². The third kappa shape index (κ3) is 3.15. The van der Waals surface area contributed by atoms with Gasteiger partial charge in [-0.1, -0.05) is 36.4 Å². The summed E-state index contributed by atoms with van der Waals surface area (Å²) in [5.41, 5.74) is 9.08. The lowest BCUT2D eigenvalue weighted by atomic mass is 10.2. The molecule has 4 rings (SSSR count). The van der Waals surface area contributed by atoms with Gasteiger partial charge in [0.25, 0.3) is 0 Å². The molecule has 4 aromatic rings. The quantitative estimate of drug-likeness (QED) is 0.512. The van der Waals surface area contributed by atoms with Crippen molar-refractivity contribution >= 4 is 21.8 Å². The van der Waals surface area contributed by atoms with Crippen molar-refractivity contribution in [1.82, 2.24) is 9.97 Å². The van der Waals surface area contributed by atoms with Gasteiger partial charge in [-0.25, -0.2) is 0 Å². The Morgan fingerprint density at radius 2 is 1.52 bits per heavy atom. The van der Waals surface area contributed by atoms with Crippen molar-refractivity contribution in [3.8, 4) is 0 Å². The first-order chi connectivity index (χ1) is 10.4. The zero-order valence-electron chi connectivity index (χ0n) is 11.8. The molecule has 106 valence electrons. The number of aromatic nitrogens is 2.